The number of amides is 2. The Balaban J connectivity index is 1.49. The largest absolute Gasteiger partial charge is 0.459 e. The number of nitrogens with one attached hydrogen (secondary N) is 2. The number of hydrogen-bond acceptors (Lipinski definition) is 5. The third kappa shape index (κ3) is 5.41. The van der Waals surface area contributed by atoms with Crippen LogP contribution in [-0.2, 0) is 6.18 Å². The molecule has 2 amide bonds. The molecule has 0 aliphatic heterocycles. The predicted molar refractivity (Wildman–Crippen MR) is 117 cm³/mol. The number of carbonyl (C=O) groups is 2. The Morgan fingerprint density at radius 2 is 1.68 bits per heavy atom. The van der Waals surface area contributed by atoms with Gasteiger partial charge in [-0.25, -0.2) is 0 Å². The summed E-state index contributed by atoms with van der Waals surface area (Å²) >= 11 is 0. The summed E-state index contributed by atoms with van der Waals surface area (Å²) in [6.07, 6.45) is -0.406. The van der Waals surface area contributed by atoms with Gasteiger partial charge in [0.05, 0.1) is 23.7 Å². The van der Waals surface area contributed by atoms with E-state index in [-0.39, 0.29) is 17.0 Å². The average molecular weight is 467 g/mol. The van der Waals surface area contributed by atoms with E-state index < -0.39 is 29.2 Å². The van der Waals surface area contributed by atoms with Crippen LogP contribution in [0.25, 0.3) is 0 Å². The number of pyridine rings is 1. The fraction of sp³-hybridized carbons (Fsp3) is 0.0417. The SMILES string of the molecule is O=C(Nc1ccc(NC(=O)c2ccco2)cc1C(F)(F)F)c1ccc(Oc2cccnc2)cc1. The van der Waals surface area contributed by atoms with Crippen molar-refractivity contribution in [2.24, 2.45) is 0 Å². The molecule has 0 radical (unpaired) electrons. The second kappa shape index (κ2) is 9.49. The number of nitrogens with zero attached hydrogens (tertiary/aromatic N) is 1. The number of aromatic nitrogens is 1. The van der Waals surface area contributed by atoms with Gasteiger partial charge in [0, 0.05) is 17.4 Å². The van der Waals surface area contributed by atoms with E-state index in [1.807, 2.05) is 0 Å². The summed E-state index contributed by atoms with van der Waals surface area (Å²) in [5.74, 6) is -0.581. The number of anilines is 2. The van der Waals surface area contributed by atoms with Crippen molar-refractivity contribution < 1.29 is 31.9 Å². The highest BCUT2D eigenvalue weighted by molar-refractivity contribution is 6.05. The first-order chi connectivity index (χ1) is 16.3. The zero-order chi connectivity index (χ0) is 24.1. The van der Waals surface area contributed by atoms with Gasteiger partial charge in [0.25, 0.3) is 11.8 Å². The number of benzene rings is 2. The van der Waals surface area contributed by atoms with E-state index in [1.165, 1.54) is 54.9 Å². The first-order valence-electron chi connectivity index (χ1n) is 9.85. The van der Waals surface area contributed by atoms with Crippen molar-refractivity contribution in [1.82, 2.24) is 4.98 Å². The molecule has 0 aliphatic carbocycles. The van der Waals surface area contributed by atoms with Crippen LogP contribution in [0.15, 0.2) is 89.8 Å². The van der Waals surface area contributed by atoms with E-state index in [2.05, 4.69) is 15.6 Å². The molecule has 4 aromatic rings. The van der Waals surface area contributed by atoms with Crippen molar-refractivity contribution in [3.8, 4) is 11.5 Å². The first-order valence-corrected chi connectivity index (χ1v) is 9.85. The van der Waals surface area contributed by atoms with Crippen molar-refractivity contribution in [2.45, 2.75) is 6.18 Å². The van der Waals surface area contributed by atoms with Gasteiger partial charge in [0.15, 0.2) is 5.76 Å². The van der Waals surface area contributed by atoms with Gasteiger partial charge in [-0.05, 0) is 66.7 Å². The van der Waals surface area contributed by atoms with Gasteiger partial charge in [-0.2, -0.15) is 13.2 Å². The van der Waals surface area contributed by atoms with Gasteiger partial charge < -0.3 is 19.8 Å². The van der Waals surface area contributed by atoms with E-state index in [0.717, 1.165) is 12.1 Å². The molecule has 0 bridgehead atoms. The molecular formula is C24H16F3N3O4. The summed E-state index contributed by atoms with van der Waals surface area (Å²) in [5, 5.41) is 4.60. The van der Waals surface area contributed by atoms with Gasteiger partial charge in [0.2, 0.25) is 0 Å². The minimum Gasteiger partial charge on any atom is -0.459 e. The van der Waals surface area contributed by atoms with E-state index in [4.69, 9.17) is 9.15 Å². The molecule has 2 N–H and O–H groups in total. The highest BCUT2D eigenvalue weighted by Gasteiger charge is 2.34. The minimum absolute atomic E-state index is 0.0538. The maximum Gasteiger partial charge on any atom is 0.418 e. The lowest BCUT2D eigenvalue weighted by Crippen LogP contribution is -2.18. The summed E-state index contributed by atoms with van der Waals surface area (Å²) in [7, 11) is 0. The molecule has 0 fully saturated rings. The van der Waals surface area contributed by atoms with Crippen LogP contribution < -0.4 is 15.4 Å². The third-order valence-corrected chi connectivity index (χ3v) is 4.56. The Bertz CT molecular complexity index is 1290. The Morgan fingerprint density at radius 3 is 2.32 bits per heavy atom. The molecule has 0 saturated carbocycles. The molecule has 0 atom stereocenters. The molecule has 7 nitrogen and oxygen atoms in total. The number of carbonyl (C=O) groups excluding carboxylic acids is 2. The fourth-order valence-electron chi connectivity index (χ4n) is 2.98. The normalized spacial score (nSPS) is 11.0. The molecule has 34 heavy (non-hydrogen) atoms. The van der Waals surface area contributed by atoms with Crippen LogP contribution >= 0.6 is 0 Å². The molecule has 0 saturated heterocycles. The van der Waals surface area contributed by atoms with Crippen LogP contribution in [-0.4, -0.2) is 16.8 Å². The molecule has 0 spiro atoms. The van der Waals surface area contributed by atoms with Crippen LogP contribution in [0.3, 0.4) is 0 Å². The van der Waals surface area contributed by atoms with Crippen molar-refractivity contribution in [2.75, 3.05) is 10.6 Å². The van der Waals surface area contributed by atoms with Crippen molar-refractivity contribution in [3.63, 3.8) is 0 Å². The average Bonchev–Trinajstić information content (AvgIpc) is 3.36. The summed E-state index contributed by atoms with van der Waals surface area (Å²) in [6, 6.07) is 15.2. The van der Waals surface area contributed by atoms with E-state index in [0.29, 0.717) is 11.5 Å². The molecule has 172 valence electrons. The van der Waals surface area contributed by atoms with Crippen LogP contribution in [0.1, 0.15) is 26.5 Å². The van der Waals surface area contributed by atoms with Gasteiger partial charge in [-0.3, -0.25) is 14.6 Å². The topological polar surface area (TPSA) is 93.5 Å². The van der Waals surface area contributed by atoms with Gasteiger partial charge in [-0.1, -0.05) is 0 Å². The molecule has 4 rings (SSSR count). The zero-order valence-electron chi connectivity index (χ0n) is 17.3. The molecule has 0 aliphatic rings. The maximum atomic E-state index is 13.6. The molecule has 2 aromatic carbocycles. The summed E-state index contributed by atoms with van der Waals surface area (Å²) in [6.45, 7) is 0. The van der Waals surface area contributed by atoms with Crippen LogP contribution in [0.5, 0.6) is 11.5 Å². The molecule has 0 unspecified atom stereocenters. The smallest absolute Gasteiger partial charge is 0.418 e. The predicted octanol–water partition coefficient (Wildman–Crippen LogP) is 5.99. The van der Waals surface area contributed by atoms with Crippen LogP contribution in [0.4, 0.5) is 24.5 Å². The number of rotatable bonds is 6. The van der Waals surface area contributed by atoms with E-state index in [9.17, 15) is 22.8 Å². The van der Waals surface area contributed by atoms with Gasteiger partial charge >= 0.3 is 6.18 Å². The Morgan fingerprint density at radius 1 is 0.882 bits per heavy atom. The Hall–Kier alpha value is -4.60. The lowest BCUT2D eigenvalue weighted by atomic mass is 10.1. The summed E-state index contributed by atoms with van der Waals surface area (Å²) < 4.78 is 51.5. The maximum absolute atomic E-state index is 13.6. The highest BCUT2D eigenvalue weighted by atomic mass is 19.4. The van der Waals surface area contributed by atoms with Crippen LogP contribution in [0.2, 0.25) is 0 Å². The number of halogens is 3. The fourth-order valence-corrected chi connectivity index (χ4v) is 2.98. The summed E-state index contributed by atoms with van der Waals surface area (Å²) in [5.41, 5.74) is -1.55. The van der Waals surface area contributed by atoms with Crippen molar-refractivity contribution >= 4 is 23.2 Å². The lowest BCUT2D eigenvalue weighted by Gasteiger charge is -2.16. The molecule has 2 aromatic heterocycles. The molecule has 10 heteroatoms. The van der Waals surface area contributed by atoms with Crippen molar-refractivity contribution in [3.05, 3.63) is 102 Å². The van der Waals surface area contributed by atoms with Gasteiger partial charge in [0.1, 0.15) is 11.5 Å². The number of ether oxygens (including phenoxy) is 1. The van der Waals surface area contributed by atoms with Gasteiger partial charge in [-0.15, -0.1) is 0 Å². The van der Waals surface area contributed by atoms with Crippen LogP contribution in [0, 0.1) is 0 Å². The molecule has 2 heterocycles. The first kappa shape index (κ1) is 22.6. The lowest BCUT2D eigenvalue weighted by molar-refractivity contribution is -0.136. The highest BCUT2D eigenvalue weighted by Crippen LogP contribution is 2.37. The second-order valence-corrected chi connectivity index (χ2v) is 6.96. The monoisotopic (exact) mass is 467 g/mol. The summed E-state index contributed by atoms with van der Waals surface area (Å²) in [4.78, 5) is 28.6. The van der Waals surface area contributed by atoms with E-state index >= 15 is 0 Å². The van der Waals surface area contributed by atoms with E-state index in [1.54, 1.807) is 18.3 Å². The molecular weight excluding hydrogens is 451 g/mol. The third-order valence-electron chi connectivity index (χ3n) is 4.56. The number of alkyl halides is 3. The quantitative estimate of drug-likeness (QED) is 0.363. The number of hydrogen-bond donors (Lipinski definition) is 2. The zero-order valence-corrected chi connectivity index (χ0v) is 17.3. The minimum atomic E-state index is -4.78. The Labute approximate surface area is 191 Å². The number of furan rings is 1. The second-order valence-electron chi connectivity index (χ2n) is 6.96. The Kier molecular flexibility index (Phi) is 6.30. The van der Waals surface area contributed by atoms with Crippen molar-refractivity contribution in [1.29, 1.82) is 0 Å². The standard InChI is InChI=1S/C24H16F3N3O4/c25-24(26,27)19-13-16(29-23(32)21-4-2-12-33-21)7-10-20(19)30-22(31)15-5-8-17(9-6-15)34-18-3-1-11-28-14-18/h1-14H,(H,29,32)(H,30,31).